The normalized spacial score (nSPS) is 14.7. The van der Waals surface area contributed by atoms with E-state index in [9.17, 15) is 0 Å². The number of aromatic nitrogens is 2. The van der Waals surface area contributed by atoms with Crippen LogP contribution < -0.4 is 5.32 Å². The molecule has 0 radical (unpaired) electrons. The zero-order chi connectivity index (χ0) is 12.9. The Hall–Kier alpha value is -1.68. The molecular weight excluding hydrogens is 238 g/mol. The zero-order valence-electron chi connectivity index (χ0n) is 11.0. The van der Waals surface area contributed by atoms with Crippen LogP contribution in [0.25, 0.3) is 0 Å². The minimum atomic E-state index is 0.689. The van der Waals surface area contributed by atoms with Crippen LogP contribution in [0.5, 0.6) is 0 Å². The van der Waals surface area contributed by atoms with Gasteiger partial charge in [-0.15, -0.1) is 0 Å². The molecule has 2 aromatic rings. The Balaban J connectivity index is 1.44. The third kappa shape index (κ3) is 3.89. The van der Waals surface area contributed by atoms with Crippen molar-refractivity contribution in [2.75, 3.05) is 6.54 Å². The number of hydrogen-bond donors (Lipinski definition) is 1. The molecule has 1 aliphatic carbocycles. The first-order valence-corrected chi connectivity index (χ1v) is 6.96. The maximum Gasteiger partial charge on any atom is 0.240 e. The Bertz CT molecular complexity index is 505. The minimum absolute atomic E-state index is 0.689. The van der Waals surface area contributed by atoms with E-state index in [0.29, 0.717) is 12.4 Å². The lowest BCUT2D eigenvalue weighted by Crippen LogP contribution is -2.16. The van der Waals surface area contributed by atoms with Gasteiger partial charge in [0.2, 0.25) is 5.89 Å². The van der Waals surface area contributed by atoms with Gasteiger partial charge in [-0.1, -0.05) is 35.5 Å². The third-order valence-electron chi connectivity index (χ3n) is 3.40. The lowest BCUT2D eigenvalue weighted by Gasteiger charge is -1.97. The largest absolute Gasteiger partial charge is 0.338 e. The van der Waals surface area contributed by atoms with Gasteiger partial charge in [0.1, 0.15) is 0 Å². The molecule has 3 rings (SSSR count). The molecule has 0 saturated heterocycles. The maximum atomic E-state index is 5.23. The first-order valence-electron chi connectivity index (χ1n) is 6.96. The highest BCUT2D eigenvalue weighted by Crippen LogP contribution is 2.27. The molecular formula is C15H19N3O. The average molecular weight is 257 g/mol. The Morgan fingerprint density at radius 3 is 2.79 bits per heavy atom. The van der Waals surface area contributed by atoms with Crippen LogP contribution >= 0.6 is 0 Å². The van der Waals surface area contributed by atoms with E-state index in [2.05, 4.69) is 39.7 Å². The van der Waals surface area contributed by atoms with Gasteiger partial charge in [-0.2, -0.15) is 4.98 Å². The molecule has 0 spiro atoms. The fraction of sp³-hybridized carbons (Fsp3) is 0.467. The van der Waals surface area contributed by atoms with Gasteiger partial charge >= 0.3 is 0 Å². The molecule has 1 saturated carbocycles. The lowest BCUT2D eigenvalue weighted by atomic mass is 10.1. The van der Waals surface area contributed by atoms with E-state index in [1.165, 1.54) is 18.4 Å². The predicted molar refractivity (Wildman–Crippen MR) is 72.6 cm³/mol. The van der Waals surface area contributed by atoms with Gasteiger partial charge < -0.3 is 9.84 Å². The van der Waals surface area contributed by atoms with Gasteiger partial charge in [0.05, 0.1) is 6.54 Å². The Morgan fingerprint density at radius 2 is 2.00 bits per heavy atom. The fourth-order valence-corrected chi connectivity index (χ4v) is 2.07. The van der Waals surface area contributed by atoms with Crippen LogP contribution in [0.2, 0.25) is 0 Å². The Morgan fingerprint density at radius 1 is 1.16 bits per heavy atom. The second kappa shape index (κ2) is 5.97. The number of nitrogens with zero attached hydrogens (tertiary/aromatic N) is 2. The highest BCUT2D eigenvalue weighted by atomic mass is 16.5. The first kappa shape index (κ1) is 12.4. The van der Waals surface area contributed by atoms with E-state index >= 15 is 0 Å². The van der Waals surface area contributed by atoms with Gasteiger partial charge in [-0.25, -0.2) is 0 Å². The first-order chi connectivity index (χ1) is 9.40. The number of rotatable bonds is 7. The Kier molecular flexibility index (Phi) is 3.89. The van der Waals surface area contributed by atoms with Crippen LogP contribution in [-0.4, -0.2) is 16.7 Å². The van der Waals surface area contributed by atoms with E-state index in [0.717, 1.165) is 31.1 Å². The summed E-state index contributed by atoms with van der Waals surface area (Å²) in [7, 11) is 0. The zero-order valence-corrected chi connectivity index (χ0v) is 11.0. The monoisotopic (exact) mass is 257 g/mol. The van der Waals surface area contributed by atoms with Crippen molar-refractivity contribution in [2.24, 2.45) is 5.92 Å². The summed E-state index contributed by atoms with van der Waals surface area (Å²) in [5.41, 5.74) is 1.31. The Labute approximate surface area is 113 Å². The smallest absolute Gasteiger partial charge is 0.240 e. The quantitative estimate of drug-likeness (QED) is 0.827. The summed E-state index contributed by atoms with van der Waals surface area (Å²) in [6.07, 6.45) is 4.50. The van der Waals surface area contributed by atoms with E-state index in [4.69, 9.17) is 4.52 Å². The van der Waals surface area contributed by atoms with Crippen molar-refractivity contribution in [3.63, 3.8) is 0 Å². The molecule has 0 atom stereocenters. The van der Waals surface area contributed by atoms with Crippen LogP contribution in [0.1, 0.15) is 30.1 Å². The summed E-state index contributed by atoms with van der Waals surface area (Å²) in [6, 6.07) is 10.4. The molecule has 4 nitrogen and oxygen atoms in total. The highest BCUT2D eigenvalue weighted by Gasteiger charge is 2.20. The standard InChI is InChI=1S/C15H19N3O/c1-2-4-12(5-3-1)8-9-14-17-15(19-18-14)11-16-10-13-6-7-13/h1-5,13,16H,6-11H2. The van der Waals surface area contributed by atoms with Crippen molar-refractivity contribution in [2.45, 2.75) is 32.2 Å². The molecule has 1 heterocycles. The highest BCUT2D eigenvalue weighted by molar-refractivity contribution is 5.15. The summed E-state index contributed by atoms with van der Waals surface area (Å²) in [6.45, 7) is 1.76. The number of aryl methyl sites for hydroxylation is 2. The van der Waals surface area contributed by atoms with Crippen molar-refractivity contribution in [1.82, 2.24) is 15.5 Å². The summed E-state index contributed by atoms with van der Waals surface area (Å²) < 4.78 is 5.23. The summed E-state index contributed by atoms with van der Waals surface area (Å²) in [4.78, 5) is 4.40. The minimum Gasteiger partial charge on any atom is -0.338 e. The molecule has 4 heteroatoms. The predicted octanol–water partition coefficient (Wildman–Crippen LogP) is 2.35. The second-order valence-electron chi connectivity index (χ2n) is 5.16. The SMILES string of the molecule is c1ccc(CCc2noc(CNCC3CC3)n2)cc1. The van der Waals surface area contributed by atoms with Crippen LogP contribution in [0.15, 0.2) is 34.9 Å². The number of hydrogen-bond acceptors (Lipinski definition) is 4. The van der Waals surface area contributed by atoms with Gasteiger partial charge in [-0.05, 0) is 37.3 Å². The van der Waals surface area contributed by atoms with Crippen LogP contribution in [0.3, 0.4) is 0 Å². The molecule has 1 aromatic heterocycles. The fourth-order valence-electron chi connectivity index (χ4n) is 2.07. The molecule has 1 N–H and O–H groups in total. The number of nitrogens with one attached hydrogen (secondary N) is 1. The summed E-state index contributed by atoms with van der Waals surface area (Å²) >= 11 is 0. The summed E-state index contributed by atoms with van der Waals surface area (Å²) in [5.74, 6) is 2.37. The molecule has 0 aliphatic heterocycles. The van der Waals surface area contributed by atoms with Gasteiger partial charge in [0.25, 0.3) is 0 Å². The number of benzene rings is 1. The van der Waals surface area contributed by atoms with Crippen molar-refractivity contribution < 1.29 is 4.52 Å². The van der Waals surface area contributed by atoms with Gasteiger partial charge in [-0.3, -0.25) is 0 Å². The van der Waals surface area contributed by atoms with Crippen LogP contribution in [0, 0.1) is 5.92 Å². The molecule has 19 heavy (non-hydrogen) atoms. The molecule has 100 valence electrons. The van der Waals surface area contributed by atoms with E-state index < -0.39 is 0 Å². The van der Waals surface area contributed by atoms with Crippen molar-refractivity contribution >= 4 is 0 Å². The van der Waals surface area contributed by atoms with Gasteiger partial charge in [0, 0.05) is 6.42 Å². The molecule has 1 aliphatic rings. The molecule has 0 amide bonds. The molecule has 0 unspecified atom stereocenters. The van der Waals surface area contributed by atoms with Crippen LogP contribution in [0.4, 0.5) is 0 Å². The lowest BCUT2D eigenvalue weighted by molar-refractivity contribution is 0.362. The molecule has 1 aromatic carbocycles. The second-order valence-corrected chi connectivity index (χ2v) is 5.16. The van der Waals surface area contributed by atoms with Crippen molar-refractivity contribution in [3.8, 4) is 0 Å². The van der Waals surface area contributed by atoms with Crippen molar-refractivity contribution in [3.05, 3.63) is 47.6 Å². The van der Waals surface area contributed by atoms with Crippen molar-refractivity contribution in [1.29, 1.82) is 0 Å². The van der Waals surface area contributed by atoms with E-state index in [-0.39, 0.29) is 0 Å². The van der Waals surface area contributed by atoms with E-state index in [1.54, 1.807) is 0 Å². The topological polar surface area (TPSA) is 51.0 Å². The molecule has 1 fully saturated rings. The average Bonchev–Trinajstić information content (AvgIpc) is 3.16. The summed E-state index contributed by atoms with van der Waals surface area (Å²) in [5, 5.41) is 7.37. The van der Waals surface area contributed by atoms with Crippen LogP contribution in [-0.2, 0) is 19.4 Å². The molecule has 0 bridgehead atoms. The third-order valence-corrected chi connectivity index (χ3v) is 3.40. The van der Waals surface area contributed by atoms with E-state index in [1.807, 2.05) is 6.07 Å². The maximum absolute atomic E-state index is 5.23. The van der Waals surface area contributed by atoms with Gasteiger partial charge in [0.15, 0.2) is 5.82 Å².